The Kier molecular flexibility index (Phi) is 5.58. The number of ether oxygens (including phenoxy) is 1. The van der Waals surface area contributed by atoms with E-state index in [9.17, 15) is 9.59 Å². The smallest absolute Gasteiger partial charge is 0.314 e. The molecule has 2 rings (SSSR count). The molecule has 0 fully saturated rings. The first kappa shape index (κ1) is 17.5. The molecule has 0 aromatic heterocycles. The normalized spacial score (nSPS) is 10.4. The van der Waals surface area contributed by atoms with Crippen LogP contribution < -0.4 is 15.4 Å². The fraction of sp³-hybridized carbons (Fsp3) is 0.263. The lowest BCUT2D eigenvalue weighted by Crippen LogP contribution is -2.30. The van der Waals surface area contributed by atoms with Crippen LogP contribution >= 0.6 is 0 Å². The molecule has 2 N–H and O–H groups in total. The largest absolute Gasteiger partial charge is 0.495 e. The molecule has 0 atom stereocenters. The van der Waals surface area contributed by atoms with Crippen LogP contribution in [-0.2, 0) is 9.59 Å². The number of methoxy groups -OCH3 is 1. The Bertz CT molecular complexity index is 754. The van der Waals surface area contributed by atoms with Crippen molar-refractivity contribution in [2.45, 2.75) is 26.7 Å². The second-order valence-corrected chi connectivity index (χ2v) is 5.80. The van der Waals surface area contributed by atoms with E-state index < -0.39 is 11.8 Å². The van der Waals surface area contributed by atoms with Gasteiger partial charge < -0.3 is 15.4 Å². The average Bonchev–Trinajstić information content (AvgIpc) is 2.56. The monoisotopic (exact) mass is 326 g/mol. The van der Waals surface area contributed by atoms with Gasteiger partial charge in [-0.1, -0.05) is 44.2 Å². The van der Waals surface area contributed by atoms with Crippen molar-refractivity contribution >= 4 is 23.2 Å². The number of para-hydroxylation sites is 3. The van der Waals surface area contributed by atoms with Crippen molar-refractivity contribution in [3.8, 4) is 5.75 Å². The molecule has 0 saturated heterocycles. The lowest BCUT2D eigenvalue weighted by molar-refractivity contribution is -0.133. The van der Waals surface area contributed by atoms with Gasteiger partial charge in [-0.3, -0.25) is 9.59 Å². The van der Waals surface area contributed by atoms with Crippen LogP contribution in [0, 0.1) is 6.92 Å². The van der Waals surface area contributed by atoms with Crippen LogP contribution in [0.1, 0.15) is 30.9 Å². The highest BCUT2D eigenvalue weighted by molar-refractivity contribution is 6.44. The van der Waals surface area contributed by atoms with Crippen molar-refractivity contribution < 1.29 is 14.3 Å². The van der Waals surface area contributed by atoms with Gasteiger partial charge in [0, 0.05) is 5.69 Å². The minimum absolute atomic E-state index is 0.234. The summed E-state index contributed by atoms with van der Waals surface area (Å²) in [5.41, 5.74) is 3.05. The van der Waals surface area contributed by atoms with Gasteiger partial charge in [0.05, 0.1) is 12.8 Å². The van der Waals surface area contributed by atoms with E-state index in [0.29, 0.717) is 17.1 Å². The summed E-state index contributed by atoms with van der Waals surface area (Å²) in [5.74, 6) is -0.718. The molecular weight excluding hydrogens is 304 g/mol. The Hall–Kier alpha value is -2.82. The minimum Gasteiger partial charge on any atom is -0.495 e. The molecule has 0 radical (unpaired) electrons. The third-order valence-electron chi connectivity index (χ3n) is 3.73. The maximum absolute atomic E-state index is 12.3. The molecule has 0 heterocycles. The van der Waals surface area contributed by atoms with E-state index in [1.807, 2.05) is 39.0 Å². The van der Waals surface area contributed by atoms with E-state index in [4.69, 9.17) is 4.74 Å². The Labute approximate surface area is 142 Å². The fourth-order valence-electron chi connectivity index (χ4n) is 2.44. The lowest BCUT2D eigenvalue weighted by Gasteiger charge is -2.16. The Balaban J connectivity index is 2.17. The number of amides is 2. The maximum Gasteiger partial charge on any atom is 0.314 e. The fourth-order valence-corrected chi connectivity index (χ4v) is 2.44. The van der Waals surface area contributed by atoms with Crippen molar-refractivity contribution in [2.24, 2.45) is 0 Å². The molecule has 0 bridgehead atoms. The summed E-state index contributed by atoms with van der Waals surface area (Å²) in [6.07, 6.45) is 0. The van der Waals surface area contributed by atoms with E-state index >= 15 is 0 Å². The molecule has 0 aliphatic heterocycles. The SMILES string of the molecule is COc1ccccc1NC(=O)C(=O)Nc1c(C)cccc1C(C)C. The summed E-state index contributed by atoms with van der Waals surface area (Å²) in [6, 6.07) is 12.7. The molecular formula is C19H22N2O3. The maximum atomic E-state index is 12.3. The van der Waals surface area contributed by atoms with Gasteiger partial charge in [0.2, 0.25) is 0 Å². The number of hydrogen-bond acceptors (Lipinski definition) is 3. The van der Waals surface area contributed by atoms with E-state index in [2.05, 4.69) is 10.6 Å². The van der Waals surface area contributed by atoms with E-state index in [1.54, 1.807) is 24.3 Å². The van der Waals surface area contributed by atoms with Crippen molar-refractivity contribution in [3.05, 3.63) is 53.6 Å². The second kappa shape index (κ2) is 7.64. The first-order valence-corrected chi connectivity index (χ1v) is 7.79. The van der Waals surface area contributed by atoms with Gasteiger partial charge in [0.1, 0.15) is 5.75 Å². The molecule has 0 spiro atoms. The molecule has 126 valence electrons. The van der Waals surface area contributed by atoms with Crippen LogP contribution in [0.4, 0.5) is 11.4 Å². The molecule has 0 aliphatic rings. The van der Waals surface area contributed by atoms with Gasteiger partial charge in [-0.2, -0.15) is 0 Å². The summed E-state index contributed by atoms with van der Waals surface area (Å²) < 4.78 is 5.17. The number of anilines is 2. The van der Waals surface area contributed by atoms with E-state index in [1.165, 1.54) is 7.11 Å². The summed E-state index contributed by atoms with van der Waals surface area (Å²) >= 11 is 0. The highest BCUT2D eigenvalue weighted by Crippen LogP contribution is 2.27. The van der Waals surface area contributed by atoms with Crippen LogP contribution in [0.3, 0.4) is 0 Å². The Morgan fingerprint density at radius 2 is 1.62 bits per heavy atom. The molecule has 24 heavy (non-hydrogen) atoms. The van der Waals surface area contributed by atoms with Crippen molar-refractivity contribution in [1.82, 2.24) is 0 Å². The number of benzene rings is 2. The highest BCUT2D eigenvalue weighted by atomic mass is 16.5. The number of carbonyl (C=O) groups is 2. The zero-order valence-corrected chi connectivity index (χ0v) is 14.3. The molecule has 0 aliphatic carbocycles. The zero-order valence-electron chi connectivity index (χ0n) is 14.3. The molecule has 0 unspecified atom stereocenters. The third kappa shape index (κ3) is 3.93. The number of rotatable bonds is 4. The van der Waals surface area contributed by atoms with Crippen LogP contribution in [0.5, 0.6) is 5.75 Å². The summed E-state index contributed by atoms with van der Waals surface area (Å²) in [6.45, 7) is 5.98. The molecule has 0 saturated carbocycles. The van der Waals surface area contributed by atoms with E-state index in [0.717, 1.165) is 11.1 Å². The van der Waals surface area contributed by atoms with E-state index in [-0.39, 0.29) is 5.92 Å². The van der Waals surface area contributed by atoms with Gasteiger partial charge in [0.15, 0.2) is 0 Å². The van der Waals surface area contributed by atoms with Crippen LogP contribution in [0.15, 0.2) is 42.5 Å². The number of aryl methyl sites for hydroxylation is 1. The quantitative estimate of drug-likeness (QED) is 0.842. The minimum atomic E-state index is -0.738. The highest BCUT2D eigenvalue weighted by Gasteiger charge is 2.19. The number of nitrogens with one attached hydrogen (secondary N) is 2. The van der Waals surface area contributed by atoms with Crippen molar-refractivity contribution in [1.29, 1.82) is 0 Å². The van der Waals surface area contributed by atoms with Gasteiger partial charge in [-0.15, -0.1) is 0 Å². The Morgan fingerprint density at radius 3 is 2.29 bits per heavy atom. The van der Waals surface area contributed by atoms with Gasteiger partial charge >= 0.3 is 11.8 Å². The van der Waals surface area contributed by atoms with Crippen molar-refractivity contribution in [2.75, 3.05) is 17.7 Å². The van der Waals surface area contributed by atoms with Crippen LogP contribution in [0.25, 0.3) is 0 Å². The summed E-state index contributed by atoms with van der Waals surface area (Å²) in [5, 5.41) is 5.30. The number of hydrogen-bond donors (Lipinski definition) is 2. The molecule has 2 amide bonds. The predicted octanol–water partition coefficient (Wildman–Crippen LogP) is 3.70. The van der Waals surface area contributed by atoms with Crippen LogP contribution in [0.2, 0.25) is 0 Å². The standard InChI is InChI=1S/C19H22N2O3/c1-12(2)14-9-7-8-13(3)17(14)21-19(23)18(22)20-15-10-5-6-11-16(15)24-4/h5-12H,1-4H3,(H,20,22)(H,21,23). The topological polar surface area (TPSA) is 67.4 Å². The average molecular weight is 326 g/mol. The lowest BCUT2D eigenvalue weighted by atomic mass is 9.98. The predicted molar refractivity (Wildman–Crippen MR) is 95.5 cm³/mol. The summed E-state index contributed by atoms with van der Waals surface area (Å²) in [7, 11) is 1.51. The van der Waals surface area contributed by atoms with Gasteiger partial charge in [0.25, 0.3) is 0 Å². The summed E-state index contributed by atoms with van der Waals surface area (Å²) in [4.78, 5) is 24.5. The third-order valence-corrected chi connectivity index (χ3v) is 3.73. The number of carbonyl (C=O) groups excluding carboxylic acids is 2. The van der Waals surface area contributed by atoms with Gasteiger partial charge in [-0.25, -0.2) is 0 Å². The Morgan fingerprint density at radius 1 is 0.958 bits per heavy atom. The molecule has 2 aromatic carbocycles. The van der Waals surface area contributed by atoms with Crippen LogP contribution in [-0.4, -0.2) is 18.9 Å². The first-order valence-electron chi connectivity index (χ1n) is 7.79. The molecule has 2 aromatic rings. The van der Waals surface area contributed by atoms with Gasteiger partial charge in [-0.05, 0) is 36.1 Å². The second-order valence-electron chi connectivity index (χ2n) is 5.80. The zero-order chi connectivity index (χ0) is 17.7. The van der Waals surface area contributed by atoms with Crippen molar-refractivity contribution in [3.63, 3.8) is 0 Å². The molecule has 5 heteroatoms. The molecule has 5 nitrogen and oxygen atoms in total. The first-order chi connectivity index (χ1) is 11.4.